The van der Waals surface area contributed by atoms with Crippen molar-refractivity contribution in [3.8, 4) is 6.07 Å². The van der Waals surface area contributed by atoms with E-state index in [-0.39, 0.29) is 11.9 Å². The molecule has 1 unspecified atom stereocenters. The first-order chi connectivity index (χ1) is 9.76. The maximum atomic E-state index is 13.0. The lowest BCUT2D eigenvalue weighted by Gasteiger charge is -2.20. The average Bonchev–Trinajstić information content (AvgIpc) is 3.31. The molecule has 0 radical (unpaired) electrons. The van der Waals surface area contributed by atoms with Gasteiger partial charge in [-0.3, -0.25) is 0 Å². The molecule has 1 fully saturated rings. The zero-order valence-electron chi connectivity index (χ0n) is 11.0. The highest BCUT2D eigenvalue weighted by Gasteiger charge is 2.32. The minimum atomic E-state index is -0.213. The van der Waals surface area contributed by atoms with E-state index in [2.05, 4.69) is 11.4 Å². The fourth-order valence-corrected chi connectivity index (χ4v) is 2.43. The molecule has 0 heterocycles. The Morgan fingerprint density at radius 2 is 1.90 bits per heavy atom. The molecule has 2 aromatic carbocycles. The molecule has 0 aliphatic heterocycles. The molecule has 0 amide bonds. The van der Waals surface area contributed by atoms with Gasteiger partial charge in [-0.2, -0.15) is 5.26 Å². The van der Waals surface area contributed by atoms with E-state index in [0.29, 0.717) is 11.5 Å². The van der Waals surface area contributed by atoms with Gasteiger partial charge in [-0.25, -0.2) is 4.39 Å². The Morgan fingerprint density at radius 3 is 2.55 bits per heavy atom. The molecule has 1 atom stereocenters. The Hall–Kier alpha value is -2.34. The molecule has 2 nitrogen and oxygen atoms in total. The maximum Gasteiger partial charge on any atom is 0.123 e. The zero-order chi connectivity index (χ0) is 13.9. The SMILES string of the molecule is N#Cc1cccc(NC(c2ccc(F)cc2)C2CC2)c1. The summed E-state index contributed by atoms with van der Waals surface area (Å²) in [5, 5.41) is 12.4. The first-order valence-corrected chi connectivity index (χ1v) is 6.78. The van der Waals surface area contributed by atoms with Crippen molar-refractivity contribution in [3.63, 3.8) is 0 Å². The lowest BCUT2D eigenvalue weighted by atomic mass is 10.0. The highest BCUT2D eigenvalue weighted by Crippen LogP contribution is 2.42. The van der Waals surface area contributed by atoms with Gasteiger partial charge in [0.25, 0.3) is 0 Å². The van der Waals surface area contributed by atoms with E-state index in [0.717, 1.165) is 11.3 Å². The van der Waals surface area contributed by atoms with Crippen LogP contribution in [-0.2, 0) is 0 Å². The molecule has 0 bridgehead atoms. The second-order valence-electron chi connectivity index (χ2n) is 5.20. The van der Waals surface area contributed by atoms with E-state index < -0.39 is 0 Å². The first-order valence-electron chi connectivity index (χ1n) is 6.78. The molecule has 100 valence electrons. The van der Waals surface area contributed by atoms with Crippen LogP contribution in [0.15, 0.2) is 48.5 Å². The predicted octanol–water partition coefficient (Wildman–Crippen LogP) is 4.26. The van der Waals surface area contributed by atoms with Crippen LogP contribution >= 0.6 is 0 Å². The van der Waals surface area contributed by atoms with Crippen molar-refractivity contribution in [1.82, 2.24) is 0 Å². The average molecular weight is 266 g/mol. The van der Waals surface area contributed by atoms with Gasteiger partial charge < -0.3 is 5.32 Å². The molecule has 2 aromatic rings. The normalized spacial score (nSPS) is 15.4. The lowest BCUT2D eigenvalue weighted by molar-refractivity contribution is 0.622. The van der Waals surface area contributed by atoms with E-state index in [1.165, 1.54) is 25.0 Å². The summed E-state index contributed by atoms with van der Waals surface area (Å²) in [6.45, 7) is 0. The van der Waals surface area contributed by atoms with Gasteiger partial charge in [0.05, 0.1) is 17.7 Å². The Labute approximate surface area is 117 Å². The molecule has 20 heavy (non-hydrogen) atoms. The number of nitrogens with zero attached hydrogens (tertiary/aromatic N) is 1. The predicted molar refractivity (Wildman–Crippen MR) is 76.6 cm³/mol. The van der Waals surface area contributed by atoms with Gasteiger partial charge in [-0.1, -0.05) is 18.2 Å². The Morgan fingerprint density at radius 1 is 1.15 bits per heavy atom. The fraction of sp³-hybridized carbons (Fsp3) is 0.235. The number of benzene rings is 2. The molecule has 1 saturated carbocycles. The van der Waals surface area contributed by atoms with Crippen LogP contribution in [0.4, 0.5) is 10.1 Å². The number of halogens is 1. The molecule has 1 N–H and O–H groups in total. The third-order valence-electron chi connectivity index (χ3n) is 3.64. The number of hydrogen-bond acceptors (Lipinski definition) is 2. The van der Waals surface area contributed by atoms with Crippen molar-refractivity contribution < 1.29 is 4.39 Å². The molecular formula is C17H15FN2. The van der Waals surface area contributed by atoms with Gasteiger partial charge in [-0.15, -0.1) is 0 Å². The molecule has 0 spiro atoms. The Kier molecular flexibility index (Phi) is 3.39. The second kappa shape index (κ2) is 5.34. The molecular weight excluding hydrogens is 251 g/mol. The number of rotatable bonds is 4. The van der Waals surface area contributed by atoms with E-state index in [9.17, 15) is 4.39 Å². The molecule has 3 rings (SSSR count). The minimum Gasteiger partial charge on any atom is -0.378 e. The number of anilines is 1. The summed E-state index contributed by atoms with van der Waals surface area (Å²) >= 11 is 0. The summed E-state index contributed by atoms with van der Waals surface area (Å²) in [5.74, 6) is 0.376. The van der Waals surface area contributed by atoms with E-state index in [1.54, 1.807) is 6.07 Å². The van der Waals surface area contributed by atoms with Crippen LogP contribution in [0, 0.1) is 23.1 Å². The van der Waals surface area contributed by atoms with Crippen molar-refractivity contribution in [2.75, 3.05) is 5.32 Å². The van der Waals surface area contributed by atoms with Crippen LogP contribution in [-0.4, -0.2) is 0 Å². The van der Waals surface area contributed by atoms with Crippen molar-refractivity contribution in [2.45, 2.75) is 18.9 Å². The number of nitrogens with one attached hydrogen (secondary N) is 1. The van der Waals surface area contributed by atoms with Gasteiger partial charge in [0.15, 0.2) is 0 Å². The van der Waals surface area contributed by atoms with Crippen molar-refractivity contribution in [2.24, 2.45) is 5.92 Å². The topological polar surface area (TPSA) is 35.8 Å². The van der Waals surface area contributed by atoms with Crippen LogP contribution in [0.2, 0.25) is 0 Å². The highest BCUT2D eigenvalue weighted by molar-refractivity contribution is 5.51. The molecule has 1 aliphatic carbocycles. The van der Waals surface area contributed by atoms with Crippen molar-refractivity contribution in [1.29, 1.82) is 5.26 Å². The summed E-state index contributed by atoms with van der Waals surface area (Å²) in [6.07, 6.45) is 2.37. The summed E-state index contributed by atoms with van der Waals surface area (Å²) in [4.78, 5) is 0. The third kappa shape index (κ3) is 2.80. The molecule has 0 saturated heterocycles. The monoisotopic (exact) mass is 266 g/mol. The van der Waals surface area contributed by atoms with Gasteiger partial charge >= 0.3 is 0 Å². The lowest BCUT2D eigenvalue weighted by Crippen LogP contribution is -2.13. The van der Waals surface area contributed by atoms with Gasteiger partial charge in [0.1, 0.15) is 5.82 Å². The van der Waals surface area contributed by atoms with Crippen LogP contribution in [0.5, 0.6) is 0 Å². The van der Waals surface area contributed by atoms with Gasteiger partial charge in [0.2, 0.25) is 0 Å². The number of hydrogen-bond donors (Lipinski definition) is 1. The van der Waals surface area contributed by atoms with Crippen LogP contribution in [0.1, 0.15) is 30.0 Å². The summed E-state index contributed by atoms with van der Waals surface area (Å²) < 4.78 is 13.0. The second-order valence-corrected chi connectivity index (χ2v) is 5.20. The third-order valence-corrected chi connectivity index (χ3v) is 3.64. The van der Waals surface area contributed by atoms with Crippen LogP contribution in [0.25, 0.3) is 0 Å². The fourth-order valence-electron chi connectivity index (χ4n) is 2.43. The highest BCUT2D eigenvalue weighted by atomic mass is 19.1. The van der Waals surface area contributed by atoms with E-state index in [1.807, 2.05) is 30.3 Å². The summed E-state index contributed by atoms with van der Waals surface area (Å²) in [5.41, 5.74) is 2.67. The largest absolute Gasteiger partial charge is 0.378 e. The summed E-state index contributed by atoms with van der Waals surface area (Å²) in [7, 11) is 0. The molecule has 3 heteroatoms. The Bertz CT molecular complexity index is 639. The summed E-state index contributed by atoms with van der Waals surface area (Å²) in [6, 6.07) is 16.5. The van der Waals surface area contributed by atoms with Crippen molar-refractivity contribution in [3.05, 3.63) is 65.5 Å². The minimum absolute atomic E-state index is 0.185. The molecule has 0 aromatic heterocycles. The Balaban J connectivity index is 1.84. The van der Waals surface area contributed by atoms with Gasteiger partial charge in [0, 0.05) is 5.69 Å². The maximum absolute atomic E-state index is 13.0. The van der Waals surface area contributed by atoms with E-state index in [4.69, 9.17) is 5.26 Å². The smallest absolute Gasteiger partial charge is 0.123 e. The zero-order valence-corrected chi connectivity index (χ0v) is 11.0. The van der Waals surface area contributed by atoms with Gasteiger partial charge in [-0.05, 0) is 54.7 Å². The molecule has 1 aliphatic rings. The van der Waals surface area contributed by atoms with Crippen LogP contribution < -0.4 is 5.32 Å². The quantitative estimate of drug-likeness (QED) is 0.897. The number of nitriles is 1. The van der Waals surface area contributed by atoms with Crippen LogP contribution in [0.3, 0.4) is 0 Å². The standard InChI is InChI=1S/C17H15FN2/c18-15-8-6-14(7-9-15)17(13-4-5-13)20-16-3-1-2-12(10-16)11-19/h1-3,6-10,13,17,20H,4-5H2. The van der Waals surface area contributed by atoms with Crippen molar-refractivity contribution >= 4 is 5.69 Å². The first kappa shape index (κ1) is 12.7. The van der Waals surface area contributed by atoms with E-state index >= 15 is 0 Å².